The number of aromatic nitrogens is 3. The highest BCUT2D eigenvalue weighted by atomic mass is 16.6. The van der Waals surface area contributed by atoms with Crippen molar-refractivity contribution < 1.29 is 14.8 Å². The van der Waals surface area contributed by atoms with E-state index in [1.165, 1.54) is 17.1 Å². The Balaban J connectivity index is 2.41. The van der Waals surface area contributed by atoms with Crippen LogP contribution in [0.2, 0.25) is 0 Å². The Morgan fingerprint density at radius 2 is 2.10 bits per heavy atom. The predicted molar refractivity (Wildman–Crippen MR) is 73.4 cm³/mol. The molecule has 0 radical (unpaired) electrons. The molecular formula is C13H14N4O4. The lowest BCUT2D eigenvalue weighted by molar-refractivity contribution is -0.386. The van der Waals surface area contributed by atoms with Crippen LogP contribution in [-0.2, 0) is 6.54 Å². The van der Waals surface area contributed by atoms with Crippen molar-refractivity contribution in [3.63, 3.8) is 0 Å². The maximum atomic E-state index is 11.1. The second-order valence-electron chi connectivity index (χ2n) is 4.75. The van der Waals surface area contributed by atoms with E-state index in [9.17, 15) is 14.9 Å². The number of nitrogens with zero attached hydrogens (tertiary/aromatic N) is 4. The van der Waals surface area contributed by atoms with Crippen molar-refractivity contribution in [2.24, 2.45) is 0 Å². The largest absolute Gasteiger partial charge is 0.478 e. The molecule has 0 spiro atoms. The standard InChI is InChI=1S/C13H14N4O4/c1-7-4-14-11(8(2)12(7)17(20)21)6-16-5-10(13(18)19)9(3)15-16/h4-5H,6H2,1-3H3,(H,18,19). The summed E-state index contributed by atoms with van der Waals surface area (Å²) in [5, 5.41) is 24.2. The highest BCUT2D eigenvalue weighted by Crippen LogP contribution is 2.24. The predicted octanol–water partition coefficient (Wildman–Crippen LogP) is 1.86. The first-order chi connectivity index (χ1) is 9.81. The van der Waals surface area contributed by atoms with Crippen molar-refractivity contribution in [3.05, 3.63) is 50.6 Å². The van der Waals surface area contributed by atoms with Crippen LogP contribution in [0.1, 0.15) is 32.9 Å². The van der Waals surface area contributed by atoms with Gasteiger partial charge in [-0.05, 0) is 20.8 Å². The molecule has 110 valence electrons. The summed E-state index contributed by atoms with van der Waals surface area (Å²) in [7, 11) is 0. The minimum atomic E-state index is -1.06. The van der Waals surface area contributed by atoms with Gasteiger partial charge in [-0.25, -0.2) is 4.79 Å². The van der Waals surface area contributed by atoms with E-state index in [4.69, 9.17) is 5.11 Å². The van der Waals surface area contributed by atoms with Gasteiger partial charge in [0.1, 0.15) is 5.56 Å². The minimum absolute atomic E-state index is 0.0299. The normalized spacial score (nSPS) is 10.6. The molecular weight excluding hydrogens is 276 g/mol. The van der Waals surface area contributed by atoms with E-state index in [1.807, 2.05) is 0 Å². The van der Waals surface area contributed by atoms with Crippen LogP contribution in [0.5, 0.6) is 0 Å². The van der Waals surface area contributed by atoms with Crippen LogP contribution in [0.25, 0.3) is 0 Å². The fraction of sp³-hybridized carbons (Fsp3) is 0.308. The fourth-order valence-electron chi connectivity index (χ4n) is 2.17. The zero-order valence-corrected chi connectivity index (χ0v) is 11.8. The lowest BCUT2D eigenvalue weighted by atomic mass is 10.1. The Bertz CT molecular complexity index is 736. The van der Waals surface area contributed by atoms with Crippen LogP contribution in [0, 0.1) is 30.9 Å². The van der Waals surface area contributed by atoms with Crippen LogP contribution >= 0.6 is 0 Å². The number of hydrogen-bond donors (Lipinski definition) is 1. The summed E-state index contributed by atoms with van der Waals surface area (Å²) in [6.45, 7) is 5.03. The number of aryl methyl sites for hydroxylation is 2. The molecule has 0 atom stereocenters. The number of carboxylic acids is 1. The van der Waals surface area contributed by atoms with Gasteiger partial charge in [0.15, 0.2) is 0 Å². The SMILES string of the molecule is Cc1cnc(Cn2cc(C(=O)O)c(C)n2)c(C)c1[N+](=O)[O-]. The molecule has 1 N–H and O–H groups in total. The zero-order chi connectivity index (χ0) is 15.7. The molecule has 0 bridgehead atoms. The van der Waals surface area contributed by atoms with Gasteiger partial charge in [-0.1, -0.05) is 0 Å². The van der Waals surface area contributed by atoms with E-state index in [-0.39, 0.29) is 17.8 Å². The van der Waals surface area contributed by atoms with Crippen LogP contribution in [0.3, 0.4) is 0 Å². The third-order valence-corrected chi connectivity index (χ3v) is 3.25. The van der Waals surface area contributed by atoms with Crippen LogP contribution < -0.4 is 0 Å². The first-order valence-electron chi connectivity index (χ1n) is 6.18. The average Bonchev–Trinajstić information content (AvgIpc) is 2.74. The number of aromatic carboxylic acids is 1. The second kappa shape index (κ2) is 5.31. The van der Waals surface area contributed by atoms with Crippen molar-refractivity contribution in [2.45, 2.75) is 27.3 Å². The lowest BCUT2D eigenvalue weighted by Crippen LogP contribution is -2.07. The summed E-state index contributed by atoms with van der Waals surface area (Å²) in [4.78, 5) is 25.8. The minimum Gasteiger partial charge on any atom is -0.478 e. The molecule has 2 aromatic heterocycles. The number of rotatable bonds is 4. The number of nitro groups is 1. The fourth-order valence-corrected chi connectivity index (χ4v) is 2.17. The topological polar surface area (TPSA) is 111 Å². The van der Waals surface area contributed by atoms with E-state index >= 15 is 0 Å². The van der Waals surface area contributed by atoms with E-state index in [1.54, 1.807) is 20.8 Å². The van der Waals surface area contributed by atoms with Gasteiger partial charge in [0.2, 0.25) is 0 Å². The Labute approximate surface area is 120 Å². The van der Waals surface area contributed by atoms with Crippen LogP contribution in [-0.4, -0.2) is 30.8 Å². The Morgan fingerprint density at radius 3 is 2.62 bits per heavy atom. The van der Waals surface area contributed by atoms with Gasteiger partial charge in [0, 0.05) is 18.0 Å². The highest BCUT2D eigenvalue weighted by molar-refractivity contribution is 5.88. The van der Waals surface area contributed by atoms with E-state index in [0.717, 1.165) is 0 Å². The highest BCUT2D eigenvalue weighted by Gasteiger charge is 2.20. The maximum absolute atomic E-state index is 11.1. The van der Waals surface area contributed by atoms with Crippen molar-refractivity contribution in [2.75, 3.05) is 0 Å². The number of carbonyl (C=O) groups is 1. The van der Waals surface area contributed by atoms with Gasteiger partial charge in [0.05, 0.1) is 28.4 Å². The maximum Gasteiger partial charge on any atom is 0.339 e. The molecule has 0 unspecified atom stereocenters. The van der Waals surface area contributed by atoms with Gasteiger partial charge in [0.25, 0.3) is 5.69 Å². The molecule has 2 aromatic rings. The number of hydrogen-bond acceptors (Lipinski definition) is 5. The molecule has 0 aliphatic carbocycles. The van der Waals surface area contributed by atoms with Crippen LogP contribution in [0.15, 0.2) is 12.4 Å². The third-order valence-electron chi connectivity index (χ3n) is 3.25. The summed E-state index contributed by atoms with van der Waals surface area (Å²) < 4.78 is 1.42. The van der Waals surface area contributed by atoms with Crippen molar-refractivity contribution in [3.8, 4) is 0 Å². The third kappa shape index (κ3) is 2.73. The quantitative estimate of drug-likeness (QED) is 0.679. The van der Waals surface area contributed by atoms with Gasteiger partial charge in [-0.3, -0.25) is 19.8 Å². The smallest absolute Gasteiger partial charge is 0.339 e. The van der Waals surface area contributed by atoms with Gasteiger partial charge in [-0.2, -0.15) is 5.10 Å². The van der Waals surface area contributed by atoms with Crippen molar-refractivity contribution in [1.29, 1.82) is 0 Å². The van der Waals surface area contributed by atoms with Crippen molar-refractivity contribution in [1.82, 2.24) is 14.8 Å². The number of pyridine rings is 1. The van der Waals surface area contributed by atoms with E-state index < -0.39 is 10.9 Å². The van der Waals surface area contributed by atoms with Gasteiger partial charge < -0.3 is 5.11 Å². The molecule has 0 fully saturated rings. The molecule has 0 saturated carbocycles. The first-order valence-corrected chi connectivity index (χ1v) is 6.18. The molecule has 2 heterocycles. The molecule has 0 aromatic carbocycles. The molecule has 8 nitrogen and oxygen atoms in total. The summed E-state index contributed by atoms with van der Waals surface area (Å²) in [6, 6.07) is 0. The second-order valence-corrected chi connectivity index (χ2v) is 4.75. The zero-order valence-electron chi connectivity index (χ0n) is 11.8. The van der Waals surface area contributed by atoms with Gasteiger partial charge >= 0.3 is 5.97 Å². The lowest BCUT2D eigenvalue weighted by Gasteiger charge is -2.07. The first kappa shape index (κ1) is 14.6. The average molecular weight is 290 g/mol. The Morgan fingerprint density at radius 1 is 1.43 bits per heavy atom. The summed E-state index contributed by atoms with van der Waals surface area (Å²) in [5.74, 6) is -1.06. The van der Waals surface area contributed by atoms with Crippen molar-refractivity contribution >= 4 is 11.7 Å². The summed E-state index contributed by atoms with van der Waals surface area (Å²) in [5.41, 5.74) is 1.97. The molecule has 21 heavy (non-hydrogen) atoms. The molecule has 0 amide bonds. The van der Waals surface area contributed by atoms with E-state index in [0.29, 0.717) is 22.5 Å². The van der Waals surface area contributed by atoms with E-state index in [2.05, 4.69) is 10.1 Å². The summed E-state index contributed by atoms with van der Waals surface area (Å²) >= 11 is 0. The molecule has 8 heteroatoms. The molecule has 2 rings (SSSR count). The Hall–Kier alpha value is -2.77. The number of carboxylic acid groups (broad SMARTS) is 1. The van der Waals surface area contributed by atoms with Crippen LogP contribution in [0.4, 0.5) is 5.69 Å². The Kier molecular flexibility index (Phi) is 3.70. The summed E-state index contributed by atoms with van der Waals surface area (Å²) in [6.07, 6.45) is 2.83. The molecule has 0 aliphatic rings. The molecule has 0 aliphatic heterocycles. The van der Waals surface area contributed by atoms with Gasteiger partial charge in [-0.15, -0.1) is 0 Å². The molecule has 0 saturated heterocycles. The monoisotopic (exact) mass is 290 g/mol.